The zero-order valence-electron chi connectivity index (χ0n) is 31.4. The van der Waals surface area contributed by atoms with Crippen molar-refractivity contribution in [2.75, 3.05) is 14.1 Å². The minimum absolute atomic E-state index is 0.875. The van der Waals surface area contributed by atoms with Crippen LogP contribution in [0.3, 0.4) is 0 Å². The first-order chi connectivity index (χ1) is 27.1. The molecule has 0 aliphatic carbocycles. The van der Waals surface area contributed by atoms with Gasteiger partial charge in [-0.05, 0) is 60.5 Å². The fourth-order valence-corrected chi connectivity index (χ4v) is 6.72. The Hall–Kier alpha value is -6.82. The van der Waals surface area contributed by atoms with Crippen molar-refractivity contribution in [3.8, 4) is 28.3 Å². The van der Waals surface area contributed by atoms with E-state index in [-0.39, 0.29) is 0 Å². The van der Waals surface area contributed by atoms with E-state index in [2.05, 4.69) is 142 Å². The molecule has 0 amide bonds. The highest BCUT2D eigenvalue weighted by molar-refractivity contribution is 6.12. The summed E-state index contributed by atoms with van der Waals surface area (Å²) in [6.45, 7) is 3.10. The van der Waals surface area contributed by atoms with E-state index < -0.39 is 0 Å². The van der Waals surface area contributed by atoms with Crippen LogP contribution in [0.1, 0.15) is 27.8 Å². The van der Waals surface area contributed by atoms with Gasteiger partial charge in [0.1, 0.15) is 12.1 Å². The van der Waals surface area contributed by atoms with E-state index in [0.717, 1.165) is 45.9 Å². The van der Waals surface area contributed by atoms with E-state index >= 15 is 0 Å². The Labute approximate surface area is 323 Å². The predicted octanol–water partition coefficient (Wildman–Crippen LogP) is 12.2. The molecule has 1 N–H and O–H groups in total. The maximum absolute atomic E-state index is 6.65. The Morgan fingerprint density at radius 2 is 1.33 bits per heavy atom. The molecular formula is C50H44N4O. The summed E-state index contributed by atoms with van der Waals surface area (Å²) in [7, 11) is 3.65. The summed E-state index contributed by atoms with van der Waals surface area (Å²) < 4.78 is 9.01. The van der Waals surface area contributed by atoms with Crippen LogP contribution in [0.2, 0.25) is 0 Å². The standard InChI is InChI=1S/C33H23NO.C9H10N2.C8H11N/c1-22-8-6-10-25(20-22)26-11-7-12-27(21-26)34-30-14-4-3-13-28(30)29-19-18-24-17-16-23-9-2-5-15-31(23)35-33(24)32(29)34;1-10-8-11-7-9-5-3-2-4-6-9;1-9-7-8-5-3-2-4-6-8/h2-21H,1H3;2-8H,1H3;2-6,9H,7H2,1H3. The molecule has 0 atom stereocenters. The molecule has 55 heavy (non-hydrogen) atoms. The summed E-state index contributed by atoms with van der Waals surface area (Å²) in [6.07, 6.45) is 7.59. The molecule has 2 heterocycles. The number of aryl methyl sites for hydroxylation is 1. The van der Waals surface area contributed by atoms with Crippen LogP contribution < -0.4 is 10.1 Å². The predicted molar refractivity (Wildman–Crippen MR) is 234 cm³/mol. The number of aliphatic imine (C=N–C) groups is 2. The average Bonchev–Trinajstić information content (AvgIpc) is 3.45. The second-order valence-electron chi connectivity index (χ2n) is 13.2. The van der Waals surface area contributed by atoms with Gasteiger partial charge in [0.25, 0.3) is 0 Å². The molecule has 1 aliphatic rings. The first-order valence-corrected chi connectivity index (χ1v) is 18.5. The van der Waals surface area contributed by atoms with Crippen LogP contribution in [-0.4, -0.2) is 31.2 Å². The lowest BCUT2D eigenvalue weighted by Crippen LogP contribution is -2.04. The largest absolute Gasteiger partial charge is 0.454 e. The first kappa shape index (κ1) is 36.5. The van der Waals surface area contributed by atoms with Crippen molar-refractivity contribution in [3.63, 3.8) is 0 Å². The molecule has 270 valence electrons. The van der Waals surface area contributed by atoms with Crippen molar-refractivity contribution in [2.45, 2.75) is 13.5 Å². The van der Waals surface area contributed by atoms with Crippen molar-refractivity contribution in [3.05, 3.63) is 198 Å². The fraction of sp³-hybridized carbons (Fsp3) is 0.0800. The monoisotopic (exact) mass is 716 g/mol. The summed E-state index contributed by atoms with van der Waals surface area (Å²) in [5.74, 6) is 1.76. The lowest BCUT2D eigenvalue weighted by Gasteiger charge is -2.15. The van der Waals surface area contributed by atoms with Gasteiger partial charge in [-0.15, -0.1) is 0 Å². The van der Waals surface area contributed by atoms with Crippen LogP contribution in [-0.2, 0) is 6.54 Å². The molecule has 0 spiro atoms. The van der Waals surface area contributed by atoms with Gasteiger partial charge < -0.3 is 14.6 Å². The van der Waals surface area contributed by atoms with Crippen molar-refractivity contribution in [1.29, 1.82) is 0 Å². The molecule has 0 unspecified atom stereocenters. The van der Waals surface area contributed by atoms with E-state index in [4.69, 9.17) is 4.74 Å². The molecule has 5 heteroatoms. The van der Waals surface area contributed by atoms with E-state index in [1.165, 1.54) is 44.9 Å². The zero-order chi connectivity index (χ0) is 37.8. The highest BCUT2D eigenvalue weighted by atomic mass is 16.5. The van der Waals surface area contributed by atoms with Gasteiger partial charge in [0.05, 0.1) is 11.0 Å². The number of hydrogen-bond acceptors (Lipinski definition) is 3. The zero-order valence-corrected chi connectivity index (χ0v) is 31.4. The van der Waals surface area contributed by atoms with E-state index in [1.807, 2.05) is 73.8 Å². The van der Waals surface area contributed by atoms with Crippen LogP contribution >= 0.6 is 0 Å². The normalized spacial score (nSPS) is 11.6. The lowest BCUT2D eigenvalue weighted by molar-refractivity contribution is 0.485. The molecule has 0 bridgehead atoms. The fourth-order valence-electron chi connectivity index (χ4n) is 6.72. The highest BCUT2D eigenvalue weighted by Crippen LogP contribution is 2.44. The number of nitrogens with one attached hydrogen (secondary N) is 1. The number of benzene rings is 7. The Bertz CT molecular complexity index is 2600. The van der Waals surface area contributed by atoms with Crippen molar-refractivity contribution < 1.29 is 4.74 Å². The third-order valence-corrected chi connectivity index (χ3v) is 9.28. The molecule has 0 fully saturated rings. The van der Waals surface area contributed by atoms with Gasteiger partial charge in [0.2, 0.25) is 0 Å². The van der Waals surface area contributed by atoms with Gasteiger partial charge in [0, 0.05) is 47.4 Å². The Morgan fingerprint density at radius 1 is 0.636 bits per heavy atom. The molecule has 5 nitrogen and oxygen atoms in total. The average molecular weight is 717 g/mol. The lowest BCUT2D eigenvalue weighted by atomic mass is 10.0. The Balaban J connectivity index is 0.000000190. The quantitative estimate of drug-likeness (QED) is 0.138. The van der Waals surface area contributed by atoms with Gasteiger partial charge in [-0.25, -0.2) is 4.99 Å². The van der Waals surface area contributed by atoms with Gasteiger partial charge >= 0.3 is 0 Å². The van der Waals surface area contributed by atoms with Crippen LogP contribution in [0.25, 0.3) is 50.8 Å². The number of fused-ring (bicyclic) bond motifs is 6. The third-order valence-electron chi connectivity index (χ3n) is 9.28. The van der Waals surface area contributed by atoms with Crippen molar-refractivity contribution >= 4 is 46.5 Å². The highest BCUT2D eigenvalue weighted by Gasteiger charge is 2.21. The van der Waals surface area contributed by atoms with Gasteiger partial charge in [-0.1, -0.05) is 163 Å². The molecule has 0 radical (unpaired) electrons. The molecule has 9 rings (SSSR count). The minimum atomic E-state index is 0.875. The summed E-state index contributed by atoms with van der Waals surface area (Å²) in [5.41, 5.74) is 11.6. The SMILES string of the molecule is CN=CN=Cc1ccccc1.CNCc1ccccc1.Cc1cccc(-c2cccc(-n3c4ccccc4c4ccc5c(c43)Oc3ccccc3C=C5)c2)c1. The number of hydrogen-bond donors (Lipinski definition) is 1. The molecule has 0 saturated carbocycles. The van der Waals surface area contributed by atoms with Crippen LogP contribution in [0.15, 0.2) is 180 Å². The molecule has 1 aromatic heterocycles. The maximum atomic E-state index is 6.65. The molecule has 1 aliphatic heterocycles. The van der Waals surface area contributed by atoms with E-state index in [0.29, 0.717) is 0 Å². The number of rotatable bonds is 6. The number of ether oxygens (including phenoxy) is 1. The summed E-state index contributed by atoms with van der Waals surface area (Å²) >= 11 is 0. The summed E-state index contributed by atoms with van der Waals surface area (Å²) in [5, 5.41) is 5.49. The van der Waals surface area contributed by atoms with Gasteiger partial charge in [-0.2, -0.15) is 0 Å². The number of aromatic nitrogens is 1. The number of nitrogens with zero attached hydrogens (tertiary/aromatic N) is 3. The summed E-state index contributed by atoms with van der Waals surface area (Å²) in [4.78, 5) is 7.67. The van der Waals surface area contributed by atoms with E-state index in [1.54, 1.807) is 13.3 Å². The minimum Gasteiger partial charge on any atom is -0.454 e. The second-order valence-corrected chi connectivity index (χ2v) is 13.2. The van der Waals surface area contributed by atoms with Crippen molar-refractivity contribution in [2.24, 2.45) is 9.98 Å². The topological polar surface area (TPSA) is 50.9 Å². The molecule has 7 aromatic carbocycles. The third kappa shape index (κ3) is 8.71. The summed E-state index contributed by atoms with van der Waals surface area (Å²) in [6, 6.07) is 58.9. The molecular weight excluding hydrogens is 673 g/mol. The number of para-hydroxylation sites is 2. The van der Waals surface area contributed by atoms with Crippen LogP contribution in [0.5, 0.6) is 11.5 Å². The molecule has 0 saturated heterocycles. The first-order valence-electron chi connectivity index (χ1n) is 18.5. The molecule has 8 aromatic rings. The van der Waals surface area contributed by atoms with Gasteiger partial charge in [-0.3, -0.25) is 4.99 Å². The van der Waals surface area contributed by atoms with Crippen LogP contribution in [0, 0.1) is 6.92 Å². The van der Waals surface area contributed by atoms with Gasteiger partial charge in [0.15, 0.2) is 5.75 Å². The van der Waals surface area contributed by atoms with Crippen molar-refractivity contribution in [1.82, 2.24) is 9.88 Å². The maximum Gasteiger partial charge on any atom is 0.159 e. The Kier molecular flexibility index (Phi) is 11.8. The smallest absolute Gasteiger partial charge is 0.159 e. The second kappa shape index (κ2) is 17.8. The van der Waals surface area contributed by atoms with Crippen LogP contribution in [0.4, 0.5) is 0 Å². The Morgan fingerprint density at radius 3 is 2.11 bits per heavy atom. The van der Waals surface area contributed by atoms with E-state index in [9.17, 15) is 0 Å².